The third-order valence-corrected chi connectivity index (χ3v) is 8.44. The highest BCUT2D eigenvalue weighted by Gasteiger charge is 2.33. The van der Waals surface area contributed by atoms with E-state index in [0.717, 1.165) is 57.7 Å². The Morgan fingerprint density at radius 2 is 1.74 bits per heavy atom. The summed E-state index contributed by atoms with van der Waals surface area (Å²) >= 11 is 0. The molecule has 10 heteroatoms. The summed E-state index contributed by atoms with van der Waals surface area (Å²) in [6, 6.07) is 13.9. The molecule has 1 aliphatic carbocycles. The largest absolute Gasteiger partial charge is 0.368 e. The minimum absolute atomic E-state index is 0.190. The summed E-state index contributed by atoms with van der Waals surface area (Å²) in [6.07, 6.45) is 5.68. The third-order valence-electron chi connectivity index (χ3n) is 8.44. The number of piperazine rings is 1. The third kappa shape index (κ3) is 6.12. The van der Waals surface area contributed by atoms with Crippen LogP contribution in [0.5, 0.6) is 0 Å². The molecule has 1 aromatic heterocycles. The van der Waals surface area contributed by atoms with Crippen molar-refractivity contribution in [2.45, 2.75) is 44.9 Å². The minimum Gasteiger partial charge on any atom is -0.368 e. The molecule has 0 unspecified atom stereocenters. The van der Waals surface area contributed by atoms with E-state index in [0.29, 0.717) is 48.5 Å². The fourth-order valence-corrected chi connectivity index (χ4v) is 5.92. The fourth-order valence-electron chi connectivity index (χ4n) is 5.92. The molecular formula is C32H38N6O4. The van der Waals surface area contributed by atoms with Crippen molar-refractivity contribution < 1.29 is 18.9 Å². The van der Waals surface area contributed by atoms with Gasteiger partial charge in [-0.05, 0) is 62.4 Å². The van der Waals surface area contributed by atoms with Gasteiger partial charge >= 0.3 is 0 Å². The Labute approximate surface area is 246 Å². The summed E-state index contributed by atoms with van der Waals surface area (Å²) < 4.78 is 5.40. The molecule has 3 heterocycles. The number of hydrogen-bond acceptors (Lipinski definition) is 7. The molecule has 2 aromatic carbocycles. The second-order valence-electron chi connectivity index (χ2n) is 11.4. The summed E-state index contributed by atoms with van der Waals surface area (Å²) in [4.78, 5) is 44.9. The van der Waals surface area contributed by atoms with Crippen molar-refractivity contribution in [3.8, 4) is 0 Å². The average molecular weight is 571 g/mol. The number of likely N-dealkylation sites (tertiary alicyclic amines) is 1. The summed E-state index contributed by atoms with van der Waals surface area (Å²) in [5.41, 5.74) is 4.87. The van der Waals surface area contributed by atoms with Crippen molar-refractivity contribution in [2.24, 2.45) is 0 Å². The number of anilines is 3. The summed E-state index contributed by atoms with van der Waals surface area (Å²) in [6.45, 7) is 7.29. The van der Waals surface area contributed by atoms with Crippen LogP contribution in [0.3, 0.4) is 0 Å². The van der Waals surface area contributed by atoms with E-state index in [4.69, 9.17) is 4.52 Å². The summed E-state index contributed by atoms with van der Waals surface area (Å²) in [5.74, 6) is 0.569. The number of hydrogen-bond donors (Lipinski definition) is 2. The first-order valence-electron chi connectivity index (χ1n) is 15.0. The van der Waals surface area contributed by atoms with Gasteiger partial charge in [0.25, 0.3) is 11.8 Å². The molecule has 42 heavy (non-hydrogen) atoms. The molecule has 10 nitrogen and oxygen atoms in total. The van der Waals surface area contributed by atoms with E-state index in [1.807, 2.05) is 17.0 Å². The topological polar surface area (TPSA) is 111 Å². The molecule has 0 radical (unpaired) electrons. The number of carbonyl (C=O) groups excluding carboxylic acids is 3. The molecule has 1 saturated carbocycles. The van der Waals surface area contributed by atoms with Crippen LogP contribution in [-0.4, -0.2) is 73.6 Å². The lowest BCUT2D eigenvalue weighted by Gasteiger charge is -2.38. The van der Waals surface area contributed by atoms with Crippen LogP contribution in [0.25, 0.3) is 0 Å². The first kappa shape index (κ1) is 27.8. The van der Waals surface area contributed by atoms with Gasteiger partial charge in [0.05, 0.1) is 17.6 Å². The smallest absolute Gasteiger partial charge is 0.260 e. The molecule has 0 spiro atoms. The number of nitrogens with zero attached hydrogens (tertiary/aromatic N) is 4. The molecule has 3 aliphatic rings. The van der Waals surface area contributed by atoms with Crippen molar-refractivity contribution in [1.82, 2.24) is 15.4 Å². The molecule has 6 rings (SSSR count). The molecule has 2 N–H and O–H groups in total. The second-order valence-corrected chi connectivity index (χ2v) is 11.4. The molecule has 3 aromatic rings. The van der Waals surface area contributed by atoms with E-state index in [1.54, 1.807) is 6.07 Å². The Hall–Kier alpha value is -4.34. The molecule has 220 valence electrons. The van der Waals surface area contributed by atoms with Crippen molar-refractivity contribution in [2.75, 3.05) is 60.9 Å². The molecule has 3 amide bonds. The lowest BCUT2D eigenvalue weighted by molar-refractivity contribution is -0.127. The number of nitrogens with one attached hydrogen (secondary N) is 2. The number of carbonyl (C=O) groups is 3. The Morgan fingerprint density at radius 3 is 2.45 bits per heavy atom. The maximum Gasteiger partial charge on any atom is 0.260 e. The normalized spacial score (nSPS) is 17.1. The standard InChI is InChI=1S/C32H38N6O4/c1-22-6-2-3-7-27(22)36-16-18-37(19-17-36)28-12-11-24(31(40)33-13-5-15-38-14-4-8-29(38)39)20-26(28)35-32(41)25-21-34-42-30(25)23-9-10-23/h2-3,6-7,11-12,20-21,23H,4-5,8-10,13-19H2,1H3,(H,33,40)(H,35,41). The number of aryl methyl sites for hydroxylation is 1. The Balaban J connectivity index is 1.16. The van der Waals surface area contributed by atoms with Gasteiger partial charge in [-0.1, -0.05) is 23.4 Å². The summed E-state index contributed by atoms with van der Waals surface area (Å²) in [5, 5.41) is 9.93. The van der Waals surface area contributed by atoms with Crippen LogP contribution in [0.15, 0.2) is 53.2 Å². The Bertz CT molecular complexity index is 1460. The van der Waals surface area contributed by atoms with E-state index in [-0.39, 0.29) is 23.6 Å². The van der Waals surface area contributed by atoms with Gasteiger partial charge in [-0.15, -0.1) is 0 Å². The summed E-state index contributed by atoms with van der Waals surface area (Å²) in [7, 11) is 0. The maximum absolute atomic E-state index is 13.4. The van der Waals surface area contributed by atoms with Gasteiger partial charge in [0.2, 0.25) is 5.91 Å². The van der Waals surface area contributed by atoms with E-state index in [2.05, 4.69) is 56.8 Å². The predicted molar refractivity (Wildman–Crippen MR) is 161 cm³/mol. The van der Waals surface area contributed by atoms with E-state index >= 15 is 0 Å². The van der Waals surface area contributed by atoms with E-state index < -0.39 is 0 Å². The van der Waals surface area contributed by atoms with Crippen LogP contribution in [-0.2, 0) is 4.79 Å². The first-order chi connectivity index (χ1) is 20.5. The number of benzene rings is 2. The van der Waals surface area contributed by atoms with Crippen molar-refractivity contribution >= 4 is 34.8 Å². The number of amides is 3. The molecule has 0 bridgehead atoms. The second kappa shape index (κ2) is 12.3. The highest BCUT2D eigenvalue weighted by molar-refractivity contribution is 6.07. The van der Waals surface area contributed by atoms with Crippen LogP contribution in [0.4, 0.5) is 17.1 Å². The Morgan fingerprint density at radius 1 is 0.976 bits per heavy atom. The van der Waals surface area contributed by atoms with Gasteiger partial charge in [-0.3, -0.25) is 14.4 Å². The maximum atomic E-state index is 13.4. The highest BCUT2D eigenvalue weighted by Crippen LogP contribution is 2.42. The molecule has 2 aliphatic heterocycles. The van der Waals surface area contributed by atoms with Gasteiger partial charge < -0.3 is 29.9 Å². The first-order valence-corrected chi connectivity index (χ1v) is 15.0. The zero-order chi connectivity index (χ0) is 29.1. The molecule has 3 fully saturated rings. The monoisotopic (exact) mass is 570 g/mol. The number of para-hydroxylation sites is 1. The van der Waals surface area contributed by atoms with Gasteiger partial charge in [0.15, 0.2) is 5.76 Å². The zero-order valence-corrected chi connectivity index (χ0v) is 24.1. The Kier molecular flexibility index (Phi) is 8.12. The average Bonchev–Trinajstić information content (AvgIpc) is 3.58. The zero-order valence-electron chi connectivity index (χ0n) is 24.1. The molecule has 0 atom stereocenters. The van der Waals surface area contributed by atoms with Crippen LogP contribution in [0.2, 0.25) is 0 Å². The lowest BCUT2D eigenvalue weighted by atomic mass is 10.1. The van der Waals surface area contributed by atoms with Crippen LogP contribution >= 0.6 is 0 Å². The van der Waals surface area contributed by atoms with Crippen molar-refractivity contribution in [1.29, 1.82) is 0 Å². The molecule has 2 saturated heterocycles. The quantitative estimate of drug-likeness (QED) is 0.352. The van der Waals surface area contributed by atoms with Gasteiger partial charge in [0, 0.05) is 69.4 Å². The lowest BCUT2D eigenvalue weighted by Crippen LogP contribution is -2.47. The van der Waals surface area contributed by atoms with Crippen LogP contribution < -0.4 is 20.4 Å². The number of aromatic nitrogens is 1. The van der Waals surface area contributed by atoms with E-state index in [1.165, 1.54) is 17.4 Å². The number of rotatable bonds is 10. The van der Waals surface area contributed by atoms with Gasteiger partial charge in [0.1, 0.15) is 5.56 Å². The predicted octanol–water partition coefficient (Wildman–Crippen LogP) is 4.18. The van der Waals surface area contributed by atoms with Gasteiger partial charge in [-0.2, -0.15) is 0 Å². The highest BCUT2D eigenvalue weighted by atomic mass is 16.5. The SMILES string of the molecule is Cc1ccccc1N1CCN(c2ccc(C(=O)NCCCN3CCCC3=O)cc2NC(=O)c2cnoc2C2CC2)CC1. The fraction of sp³-hybridized carbons (Fsp3) is 0.438. The van der Waals surface area contributed by atoms with Crippen LogP contribution in [0, 0.1) is 6.92 Å². The minimum atomic E-state index is -0.286. The van der Waals surface area contributed by atoms with Crippen molar-refractivity contribution in [3.63, 3.8) is 0 Å². The van der Waals surface area contributed by atoms with Gasteiger partial charge in [-0.25, -0.2) is 0 Å². The van der Waals surface area contributed by atoms with E-state index in [9.17, 15) is 14.4 Å². The van der Waals surface area contributed by atoms with Crippen LogP contribution in [0.1, 0.15) is 70.1 Å². The van der Waals surface area contributed by atoms with Crippen molar-refractivity contribution in [3.05, 3.63) is 71.1 Å². The molecular weight excluding hydrogens is 532 g/mol.